The fourth-order valence-electron chi connectivity index (χ4n) is 2.34. The Balaban J connectivity index is 2.32. The van der Waals surface area contributed by atoms with Gasteiger partial charge in [-0.25, -0.2) is 9.97 Å². The highest BCUT2D eigenvalue weighted by atomic mass is 35.5. The Labute approximate surface area is 127 Å². The molecule has 4 nitrogen and oxygen atoms in total. The average molecular weight is 297 g/mol. The molecule has 20 heavy (non-hydrogen) atoms. The molecule has 0 radical (unpaired) electrons. The summed E-state index contributed by atoms with van der Waals surface area (Å²) in [6.45, 7) is 13.8. The van der Waals surface area contributed by atoms with Crippen LogP contribution in [0.5, 0.6) is 0 Å². The number of aromatic nitrogens is 2. The fraction of sp³-hybridized carbons (Fsp3) is 0.733. The molecule has 1 fully saturated rings. The molecule has 0 aromatic carbocycles. The molecular weight excluding hydrogens is 272 g/mol. The molecule has 0 saturated carbocycles. The van der Waals surface area contributed by atoms with Crippen molar-refractivity contribution in [1.29, 1.82) is 0 Å². The average Bonchev–Trinajstić information content (AvgIpc) is 2.30. The predicted molar refractivity (Wildman–Crippen MR) is 84.7 cm³/mol. The lowest BCUT2D eigenvalue weighted by Crippen LogP contribution is -2.58. The number of rotatable bonds is 1. The maximum Gasteiger partial charge on any atom is 0.137 e. The van der Waals surface area contributed by atoms with Gasteiger partial charge in [-0.2, -0.15) is 0 Å². The lowest BCUT2D eigenvalue weighted by Gasteiger charge is -2.45. The summed E-state index contributed by atoms with van der Waals surface area (Å²) in [6, 6.07) is 1.87. The van der Waals surface area contributed by atoms with Crippen molar-refractivity contribution in [3.63, 3.8) is 0 Å². The van der Waals surface area contributed by atoms with Gasteiger partial charge in [0.15, 0.2) is 0 Å². The molecule has 2 rings (SSSR count). The highest BCUT2D eigenvalue weighted by molar-refractivity contribution is 6.29. The van der Waals surface area contributed by atoms with E-state index < -0.39 is 0 Å². The van der Waals surface area contributed by atoms with Crippen molar-refractivity contribution in [3.05, 3.63) is 17.0 Å². The van der Waals surface area contributed by atoms with E-state index in [0.717, 1.165) is 31.3 Å². The molecule has 2 heterocycles. The van der Waals surface area contributed by atoms with Crippen LogP contribution in [0.25, 0.3) is 0 Å². The first-order valence-electron chi connectivity index (χ1n) is 7.11. The maximum atomic E-state index is 6.19. The summed E-state index contributed by atoms with van der Waals surface area (Å²) < 4.78 is 0. The van der Waals surface area contributed by atoms with E-state index in [4.69, 9.17) is 16.6 Å². The minimum Gasteiger partial charge on any atom is -0.353 e. The molecule has 0 spiro atoms. The molecule has 0 unspecified atom stereocenters. The van der Waals surface area contributed by atoms with Crippen LogP contribution in [0.4, 0.5) is 5.82 Å². The van der Waals surface area contributed by atoms with Gasteiger partial charge in [0.2, 0.25) is 0 Å². The minimum atomic E-state index is -0.0955. The first kappa shape index (κ1) is 15.5. The van der Waals surface area contributed by atoms with Gasteiger partial charge in [-0.3, -0.25) is 4.90 Å². The zero-order valence-corrected chi connectivity index (χ0v) is 14.1. The SMILES string of the molecule is CN1CCN(c2cc(Cl)nc(C(C)(C)C)n2)CC1(C)C. The molecule has 0 atom stereocenters. The van der Waals surface area contributed by atoms with Gasteiger partial charge in [-0.05, 0) is 20.9 Å². The topological polar surface area (TPSA) is 32.3 Å². The Morgan fingerprint density at radius 1 is 1.20 bits per heavy atom. The normalized spacial score (nSPS) is 20.2. The third-order valence-electron chi connectivity index (χ3n) is 3.99. The molecule has 0 amide bonds. The summed E-state index contributed by atoms with van der Waals surface area (Å²) in [5.74, 6) is 1.74. The summed E-state index contributed by atoms with van der Waals surface area (Å²) in [7, 11) is 2.17. The van der Waals surface area contributed by atoms with E-state index in [1.807, 2.05) is 6.07 Å². The van der Waals surface area contributed by atoms with Gasteiger partial charge in [-0.1, -0.05) is 32.4 Å². The van der Waals surface area contributed by atoms with E-state index >= 15 is 0 Å². The second-order valence-corrected chi connectivity index (χ2v) is 7.67. The van der Waals surface area contributed by atoms with E-state index in [9.17, 15) is 0 Å². The van der Waals surface area contributed by atoms with Crippen LogP contribution in [0.15, 0.2) is 6.07 Å². The van der Waals surface area contributed by atoms with Crippen LogP contribution in [0, 0.1) is 0 Å². The van der Waals surface area contributed by atoms with E-state index in [-0.39, 0.29) is 11.0 Å². The fourth-order valence-corrected chi connectivity index (χ4v) is 2.52. The van der Waals surface area contributed by atoms with Crippen LogP contribution in [0.1, 0.15) is 40.4 Å². The Bertz CT molecular complexity index is 493. The second-order valence-electron chi connectivity index (χ2n) is 7.28. The smallest absolute Gasteiger partial charge is 0.137 e. The van der Waals surface area contributed by atoms with E-state index in [2.05, 4.69) is 56.5 Å². The van der Waals surface area contributed by atoms with Crippen molar-refractivity contribution in [2.75, 3.05) is 31.6 Å². The van der Waals surface area contributed by atoms with Crippen molar-refractivity contribution < 1.29 is 0 Å². The van der Waals surface area contributed by atoms with E-state index in [1.54, 1.807) is 0 Å². The number of hydrogen-bond acceptors (Lipinski definition) is 4. The first-order valence-corrected chi connectivity index (χ1v) is 7.49. The summed E-state index contributed by atoms with van der Waals surface area (Å²) >= 11 is 6.19. The van der Waals surface area contributed by atoms with Crippen LogP contribution >= 0.6 is 11.6 Å². The zero-order valence-electron chi connectivity index (χ0n) is 13.4. The Hall–Kier alpha value is -0.870. The Morgan fingerprint density at radius 2 is 1.85 bits per heavy atom. The van der Waals surface area contributed by atoms with Crippen LogP contribution in [-0.4, -0.2) is 47.1 Å². The lowest BCUT2D eigenvalue weighted by atomic mass is 9.95. The van der Waals surface area contributed by atoms with Gasteiger partial charge in [0.1, 0.15) is 16.8 Å². The first-order chi connectivity index (χ1) is 9.09. The monoisotopic (exact) mass is 296 g/mol. The van der Waals surface area contributed by atoms with E-state index in [0.29, 0.717) is 5.15 Å². The van der Waals surface area contributed by atoms with Gasteiger partial charge in [0, 0.05) is 36.7 Å². The Morgan fingerprint density at radius 3 is 2.40 bits per heavy atom. The number of halogens is 1. The standard InChI is InChI=1S/C15H25ClN4/c1-14(2,3)13-17-11(16)9-12(18-13)20-8-7-19(6)15(4,5)10-20/h9H,7-8,10H2,1-6H3. The van der Waals surface area contributed by atoms with Crippen LogP contribution in [0.3, 0.4) is 0 Å². The third kappa shape index (κ3) is 3.23. The molecule has 1 aromatic heterocycles. The quantitative estimate of drug-likeness (QED) is 0.746. The van der Waals surface area contributed by atoms with Crippen molar-refractivity contribution in [2.24, 2.45) is 0 Å². The lowest BCUT2D eigenvalue weighted by molar-refractivity contribution is 0.138. The van der Waals surface area contributed by atoms with E-state index in [1.165, 1.54) is 0 Å². The van der Waals surface area contributed by atoms with Gasteiger partial charge in [-0.15, -0.1) is 0 Å². The summed E-state index contributed by atoms with van der Waals surface area (Å²) in [5, 5.41) is 0.525. The van der Waals surface area contributed by atoms with Crippen LogP contribution in [-0.2, 0) is 5.41 Å². The molecule has 1 aliphatic heterocycles. The molecule has 5 heteroatoms. The number of anilines is 1. The molecule has 1 saturated heterocycles. The predicted octanol–water partition coefficient (Wildman–Crippen LogP) is 2.96. The maximum absolute atomic E-state index is 6.19. The van der Waals surface area contributed by atoms with Gasteiger partial charge in [0.25, 0.3) is 0 Å². The zero-order chi connectivity index (χ0) is 15.1. The van der Waals surface area contributed by atoms with Crippen molar-refractivity contribution in [3.8, 4) is 0 Å². The summed E-state index contributed by atoms with van der Waals surface area (Å²) in [4.78, 5) is 13.8. The summed E-state index contributed by atoms with van der Waals surface area (Å²) in [5.41, 5.74) is 0.0410. The molecule has 0 bridgehead atoms. The van der Waals surface area contributed by atoms with Crippen molar-refractivity contribution in [2.45, 2.75) is 45.6 Å². The number of piperazine rings is 1. The largest absolute Gasteiger partial charge is 0.353 e. The second kappa shape index (κ2) is 5.15. The van der Waals surface area contributed by atoms with Crippen molar-refractivity contribution >= 4 is 17.4 Å². The number of hydrogen-bond donors (Lipinski definition) is 0. The molecule has 1 aromatic rings. The molecular formula is C15H25ClN4. The van der Waals surface area contributed by atoms with Crippen LogP contribution in [0.2, 0.25) is 5.15 Å². The third-order valence-corrected chi connectivity index (χ3v) is 4.19. The highest BCUT2D eigenvalue weighted by Gasteiger charge is 2.32. The number of nitrogens with zero attached hydrogens (tertiary/aromatic N) is 4. The Kier molecular flexibility index (Phi) is 4.00. The minimum absolute atomic E-state index is 0.0955. The molecule has 0 aliphatic carbocycles. The van der Waals surface area contributed by atoms with Crippen molar-refractivity contribution in [1.82, 2.24) is 14.9 Å². The molecule has 1 aliphatic rings. The van der Waals surface area contributed by atoms with Gasteiger partial charge in [0.05, 0.1) is 0 Å². The van der Waals surface area contributed by atoms with Gasteiger partial charge >= 0.3 is 0 Å². The number of likely N-dealkylation sites (N-methyl/N-ethyl adjacent to an activating group) is 1. The summed E-state index contributed by atoms with van der Waals surface area (Å²) in [6.07, 6.45) is 0. The molecule has 0 N–H and O–H groups in total. The molecule has 112 valence electrons. The van der Waals surface area contributed by atoms with Gasteiger partial charge < -0.3 is 4.90 Å². The highest BCUT2D eigenvalue weighted by Crippen LogP contribution is 2.27. The van der Waals surface area contributed by atoms with Crippen LogP contribution < -0.4 is 4.90 Å².